The highest BCUT2D eigenvalue weighted by atomic mass is 16.6. The van der Waals surface area contributed by atoms with Crippen LogP contribution in [0, 0.1) is 0 Å². The molecule has 54 heavy (non-hydrogen) atoms. The summed E-state index contributed by atoms with van der Waals surface area (Å²) in [4.78, 5) is 32.7. The Labute approximate surface area is 321 Å². The number of unbranched alkanes of at least 4 members (excludes halogenated alkanes) is 5. The van der Waals surface area contributed by atoms with Crippen LogP contribution in [0.1, 0.15) is 63.9 Å². The Bertz CT molecular complexity index is 1010. The number of esters is 1. The van der Waals surface area contributed by atoms with Gasteiger partial charge in [0.25, 0.3) is 0 Å². The Kier molecular flexibility index (Phi) is 35.2. The fraction of sp³-hybridized carbons (Fsp3) is 0.769. The van der Waals surface area contributed by atoms with E-state index in [-0.39, 0.29) is 26.1 Å². The van der Waals surface area contributed by atoms with Crippen LogP contribution in [-0.2, 0) is 68.2 Å². The minimum atomic E-state index is -1.56. The first kappa shape index (κ1) is 49.3. The lowest BCUT2D eigenvalue weighted by Crippen LogP contribution is -2.17. The van der Waals surface area contributed by atoms with E-state index in [2.05, 4.69) is 19.1 Å². The molecule has 0 atom stereocenters. The summed E-state index contributed by atoms with van der Waals surface area (Å²) in [5.74, 6) is -2.36. The molecule has 1 aromatic carbocycles. The SMILES string of the molecule is CCCCCCCCc1ccc(OCCOCCOCCOCCOCCOCCOCCOCCOCCOCCOC(=O)CCC(=O)C(=O)O)cc1. The van der Waals surface area contributed by atoms with E-state index in [4.69, 9.17) is 57.2 Å². The number of aliphatic carboxylic acids is 1. The highest BCUT2D eigenvalue weighted by Crippen LogP contribution is 2.15. The minimum absolute atomic E-state index is 0.0143. The molecule has 0 bridgehead atoms. The van der Waals surface area contributed by atoms with Crippen LogP contribution in [0.3, 0.4) is 0 Å². The zero-order chi connectivity index (χ0) is 39.0. The summed E-state index contributed by atoms with van der Waals surface area (Å²) in [7, 11) is 0. The molecule has 0 amide bonds. The molecule has 0 aliphatic carbocycles. The van der Waals surface area contributed by atoms with Gasteiger partial charge in [-0.3, -0.25) is 9.59 Å². The van der Waals surface area contributed by atoms with Gasteiger partial charge in [0.1, 0.15) is 19.0 Å². The molecule has 0 heterocycles. The van der Waals surface area contributed by atoms with Gasteiger partial charge in [0.2, 0.25) is 5.78 Å². The number of carboxylic acid groups (broad SMARTS) is 1. The van der Waals surface area contributed by atoms with Crippen molar-refractivity contribution in [2.75, 3.05) is 132 Å². The molecule has 1 aromatic rings. The fourth-order valence-electron chi connectivity index (χ4n) is 4.55. The summed E-state index contributed by atoms with van der Waals surface area (Å²) >= 11 is 0. The van der Waals surface area contributed by atoms with Gasteiger partial charge < -0.3 is 57.2 Å². The highest BCUT2D eigenvalue weighted by molar-refractivity contribution is 6.32. The van der Waals surface area contributed by atoms with Crippen molar-refractivity contribution in [3.63, 3.8) is 0 Å². The smallest absolute Gasteiger partial charge is 0.372 e. The summed E-state index contributed by atoms with van der Waals surface area (Å²) in [5, 5.41) is 8.46. The summed E-state index contributed by atoms with van der Waals surface area (Å²) in [5.41, 5.74) is 1.37. The predicted molar refractivity (Wildman–Crippen MR) is 199 cm³/mol. The van der Waals surface area contributed by atoms with Gasteiger partial charge in [0.05, 0.1) is 125 Å². The van der Waals surface area contributed by atoms with Gasteiger partial charge in [-0.15, -0.1) is 0 Å². The summed E-state index contributed by atoms with van der Waals surface area (Å²) in [6.07, 6.45) is 8.36. The average molecular weight is 775 g/mol. The molecular formula is C39H66O15. The maximum absolute atomic E-state index is 11.4. The van der Waals surface area contributed by atoms with Crippen LogP contribution in [0.5, 0.6) is 5.75 Å². The lowest BCUT2D eigenvalue weighted by Gasteiger charge is -2.09. The van der Waals surface area contributed by atoms with Crippen LogP contribution in [0.25, 0.3) is 0 Å². The molecule has 15 nitrogen and oxygen atoms in total. The molecule has 0 saturated heterocycles. The third-order valence-corrected chi connectivity index (χ3v) is 7.50. The van der Waals surface area contributed by atoms with Crippen LogP contribution in [0.2, 0.25) is 0 Å². The van der Waals surface area contributed by atoms with Gasteiger partial charge in [0.15, 0.2) is 0 Å². The molecule has 0 spiro atoms. The number of Topliss-reactive ketones (excluding diaryl/α,β-unsaturated/α-hetero) is 1. The summed E-state index contributed by atoms with van der Waals surface area (Å²) < 4.78 is 59.7. The molecule has 0 saturated carbocycles. The number of ketones is 1. The van der Waals surface area contributed by atoms with Gasteiger partial charge in [-0.1, -0.05) is 51.2 Å². The van der Waals surface area contributed by atoms with Crippen LogP contribution in [-0.4, -0.2) is 155 Å². The van der Waals surface area contributed by atoms with Crippen LogP contribution in [0.15, 0.2) is 24.3 Å². The molecule has 0 aromatic heterocycles. The number of benzene rings is 1. The molecule has 312 valence electrons. The van der Waals surface area contributed by atoms with Crippen molar-refractivity contribution in [3.8, 4) is 5.75 Å². The number of hydrogen-bond donors (Lipinski definition) is 1. The number of carbonyl (C=O) groups excluding carboxylic acids is 2. The van der Waals surface area contributed by atoms with Crippen molar-refractivity contribution in [1.29, 1.82) is 0 Å². The maximum Gasteiger partial charge on any atom is 0.372 e. The molecular weight excluding hydrogens is 708 g/mol. The molecule has 0 unspecified atom stereocenters. The van der Waals surface area contributed by atoms with Crippen LogP contribution in [0.4, 0.5) is 0 Å². The normalized spacial score (nSPS) is 11.2. The Morgan fingerprint density at radius 2 is 0.833 bits per heavy atom. The van der Waals surface area contributed by atoms with Crippen molar-refractivity contribution < 1.29 is 71.6 Å². The molecule has 1 N–H and O–H groups in total. The number of rotatable bonds is 42. The summed E-state index contributed by atoms with van der Waals surface area (Å²) in [6.45, 7) is 10.7. The second kappa shape index (κ2) is 38.5. The third kappa shape index (κ3) is 33.8. The van der Waals surface area contributed by atoms with Crippen LogP contribution < -0.4 is 4.74 Å². The van der Waals surface area contributed by atoms with Crippen molar-refractivity contribution in [2.45, 2.75) is 64.7 Å². The van der Waals surface area contributed by atoms with Gasteiger partial charge in [0, 0.05) is 6.42 Å². The lowest BCUT2D eigenvalue weighted by molar-refractivity contribution is -0.151. The average Bonchev–Trinajstić information content (AvgIpc) is 3.17. The van der Waals surface area contributed by atoms with Gasteiger partial charge in [-0.05, 0) is 30.5 Å². The van der Waals surface area contributed by atoms with Crippen molar-refractivity contribution >= 4 is 17.7 Å². The van der Waals surface area contributed by atoms with E-state index >= 15 is 0 Å². The predicted octanol–water partition coefficient (Wildman–Crippen LogP) is 4.09. The second-order valence-electron chi connectivity index (χ2n) is 12.0. The van der Waals surface area contributed by atoms with E-state index in [1.54, 1.807) is 0 Å². The Morgan fingerprint density at radius 3 is 1.24 bits per heavy atom. The number of ether oxygens (including phenoxy) is 11. The van der Waals surface area contributed by atoms with Crippen molar-refractivity contribution in [3.05, 3.63) is 29.8 Å². The standard InChI is InChI=1S/C39H66O15/c1-2-3-4-5-6-7-8-35-9-11-36(12-10-35)53-33-31-51-29-27-49-25-23-47-21-19-45-17-15-44-16-18-46-20-22-48-24-26-50-28-30-52-32-34-54-38(41)14-13-37(40)39(42)43/h9-12H,2-8,13-34H2,1H3,(H,42,43). The van der Waals surface area contributed by atoms with Gasteiger partial charge in [-0.2, -0.15) is 0 Å². The first-order valence-corrected chi connectivity index (χ1v) is 19.4. The first-order valence-electron chi connectivity index (χ1n) is 19.4. The van der Waals surface area contributed by atoms with Crippen molar-refractivity contribution in [2.24, 2.45) is 0 Å². The van der Waals surface area contributed by atoms with E-state index < -0.39 is 17.7 Å². The van der Waals surface area contributed by atoms with E-state index in [1.165, 1.54) is 44.1 Å². The van der Waals surface area contributed by atoms with Gasteiger partial charge >= 0.3 is 11.9 Å². The zero-order valence-corrected chi connectivity index (χ0v) is 32.5. The largest absolute Gasteiger partial charge is 0.491 e. The molecule has 15 heteroatoms. The quantitative estimate of drug-likeness (QED) is 0.0571. The Morgan fingerprint density at radius 1 is 0.463 bits per heavy atom. The first-order chi connectivity index (χ1) is 26.5. The molecule has 0 aliphatic heterocycles. The highest BCUT2D eigenvalue weighted by Gasteiger charge is 2.14. The number of hydrogen-bond acceptors (Lipinski definition) is 14. The fourth-order valence-corrected chi connectivity index (χ4v) is 4.55. The van der Waals surface area contributed by atoms with E-state index in [1.807, 2.05) is 12.1 Å². The topological polar surface area (TPSA) is 173 Å². The number of carboxylic acids is 1. The van der Waals surface area contributed by atoms with E-state index in [0.29, 0.717) is 119 Å². The summed E-state index contributed by atoms with van der Waals surface area (Å²) in [6, 6.07) is 8.39. The molecule has 0 radical (unpaired) electrons. The zero-order valence-electron chi connectivity index (χ0n) is 32.5. The maximum atomic E-state index is 11.4. The van der Waals surface area contributed by atoms with Crippen molar-refractivity contribution in [1.82, 2.24) is 0 Å². The molecule has 1 rings (SSSR count). The molecule has 0 fully saturated rings. The number of aryl methyl sites for hydroxylation is 1. The Hall–Kier alpha value is -2.73. The third-order valence-electron chi connectivity index (χ3n) is 7.50. The minimum Gasteiger partial charge on any atom is -0.491 e. The monoisotopic (exact) mass is 774 g/mol. The second-order valence-corrected chi connectivity index (χ2v) is 12.0. The van der Waals surface area contributed by atoms with Gasteiger partial charge in [-0.25, -0.2) is 4.79 Å². The Balaban J connectivity index is 1.70. The number of carbonyl (C=O) groups is 3. The molecule has 0 aliphatic rings. The van der Waals surface area contributed by atoms with E-state index in [0.717, 1.165) is 12.2 Å². The van der Waals surface area contributed by atoms with E-state index in [9.17, 15) is 14.4 Å². The van der Waals surface area contributed by atoms with Crippen LogP contribution >= 0.6 is 0 Å². The lowest BCUT2D eigenvalue weighted by atomic mass is 10.0.